The molecule has 0 spiro atoms. The summed E-state index contributed by atoms with van der Waals surface area (Å²) in [5.74, 6) is -2.07. The number of nitro benzene ring substituents is 1. The minimum absolute atomic E-state index is 0.00553. The van der Waals surface area contributed by atoms with Crippen LogP contribution >= 0.6 is 0 Å². The van der Waals surface area contributed by atoms with Gasteiger partial charge in [0.2, 0.25) is 0 Å². The Hall–Kier alpha value is -2.85. The van der Waals surface area contributed by atoms with E-state index in [2.05, 4.69) is 9.47 Å². The molecule has 1 amide bonds. The normalized spacial score (nSPS) is 10.7. The average Bonchev–Trinajstić information content (AvgIpc) is 2.46. The molecule has 0 aliphatic rings. The summed E-state index contributed by atoms with van der Waals surface area (Å²) in [7, 11) is 0. The number of hydrogen-bond acceptors (Lipinski definition) is 6. The highest BCUT2D eigenvalue weighted by Gasteiger charge is 2.38. The van der Waals surface area contributed by atoms with Gasteiger partial charge in [0, 0.05) is 18.7 Å². The van der Waals surface area contributed by atoms with E-state index in [1.165, 1.54) is 12.1 Å². The van der Waals surface area contributed by atoms with E-state index in [0.29, 0.717) is 0 Å². The summed E-state index contributed by atoms with van der Waals surface area (Å²) in [6.45, 7) is -0.604. The Kier molecular flexibility index (Phi) is 6.30. The summed E-state index contributed by atoms with van der Waals surface area (Å²) in [5, 5.41) is 12.0. The van der Waals surface area contributed by atoms with Crippen molar-refractivity contribution in [2.75, 3.05) is 13.2 Å². The SMILES string of the molecule is O=C(OCCCNC(=O)C(F)(F)F)Oc1ccc([N+](=O)[O-])cc1. The molecule has 0 heterocycles. The van der Waals surface area contributed by atoms with E-state index in [1.807, 2.05) is 0 Å². The number of halogens is 3. The molecule has 0 aliphatic heterocycles. The van der Waals surface area contributed by atoms with Crippen LogP contribution in [-0.4, -0.2) is 36.3 Å². The number of ether oxygens (including phenoxy) is 2. The van der Waals surface area contributed by atoms with Crippen molar-refractivity contribution in [3.8, 4) is 5.75 Å². The first-order valence-electron chi connectivity index (χ1n) is 6.14. The van der Waals surface area contributed by atoms with Crippen LogP contribution in [0.15, 0.2) is 24.3 Å². The molecule has 1 N–H and O–H groups in total. The Morgan fingerprint density at radius 2 is 1.83 bits per heavy atom. The molecule has 0 bridgehead atoms. The van der Waals surface area contributed by atoms with Crippen molar-refractivity contribution in [1.82, 2.24) is 5.32 Å². The molecular formula is C12H11F3N2O6. The number of rotatable bonds is 6. The molecule has 0 unspecified atom stereocenters. The van der Waals surface area contributed by atoms with Crippen LogP contribution in [0.4, 0.5) is 23.7 Å². The molecule has 0 aliphatic carbocycles. The summed E-state index contributed by atoms with van der Waals surface area (Å²) in [4.78, 5) is 31.5. The van der Waals surface area contributed by atoms with Gasteiger partial charge in [-0.2, -0.15) is 13.2 Å². The second-order valence-electron chi connectivity index (χ2n) is 4.06. The number of benzene rings is 1. The Labute approximate surface area is 127 Å². The molecule has 8 nitrogen and oxygen atoms in total. The molecule has 1 rings (SSSR count). The van der Waals surface area contributed by atoms with Gasteiger partial charge in [-0.1, -0.05) is 0 Å². The standard InChI is InChI=1S/C12H11F3N2O6/c13-12(14,15)10(18)16-6-1-7-22-11(19)23-9-4-2-8(3-5-9)17(20)21/h2-5H,1,6-7H2,(H,16,18). The van der Waals surface area contributed by atoms with Crippen molar-refractivity contribution in [1.29, 1.82) is 0 Å². The van der Waals surface area contributed by atoms with Gasteiger partial charge in [0.1, 0.15) is 5.75 Å². The smallest absolute Gasteiger partial charge is 0.434 e. The molecule has 11 heteroatoms. The van der Waals surface area contributed by atoms with Crippen LogP contribution in [0.25, 0.3) is 0 Å². The first kappa shape index (κ1) is 18.2. The quantitative estimate of drug-likeness (QED) is 0.280. The average molecular weight is 336 g/mol. The lowest BCUT2D eigenvalue weighted by Gasteiger charge is -2.08. The number of hydrogen-bond donors (Lipinski definition) is 1. The molecule has 0 saturated heterocycles. The van der Waals surface area contributed by atoms with Gasteiger partial charge in [-0.3, -0.25) is 14.9 Å². The van der Waals surface area contributed by atoms with E-state index < -0.39 is 23.2 Å². The zero-order valence-corrected chi connectivity index (χ0v) is 11.5. The van der Waals surface area contributed by atoms with Crippen molar-refractivity contribution in [3.63, 3.8) is 0 Å². The first-order valence-corrected chi connectivity index (χ1v) is 6.14. The lowest BCUT2D eigenvalue weighted by Crippen LogP contribution is -2.37. The fourth-order valence-corrected chi connectivity index (χ4v) is 1.29. The van der Waals surface area contributed by atoms with E-state index in [4.69, 9.17) is 0 Å². The van der Waals surface area contributed by atoms with E-state index >= 15 is 0 Å². The maximum atomic E-state index is 11.8. The van der Waals surface area contributed by atoms with E-state index in [1.54, 1.807) is 5.32 Å². The van der Waals surface area contributed by atoms with Crippen molar-refractivity contribution >= 4 is 17.7 Å². The van der Waals surface area contributed by atoms with Crippen LogP contribution in [0.5, 0.6) is 5.75 Å². The maximum absolute atomic E-state index is 11.8. The Bertz CT molecular complexity index is 573. The van der Waals surface area contributed by atoms with Gasteiger partial charge >= 0.3 is 18.2 Å². The molecule has 0 saturated carbocycles. The van der Waals surface area contributed by atoms with Crippen molar-refractivity contribution in [3.05, 3.63) is 34.4 Å². The predicted molar refractivity (Wildman–Crippen MR) is 68.8 cm³/mol. The second kappa shape index (κ2) is 7.96. The maximum Gasteiger partial charge on any atom is 0.513 e. The summed E-state index contributed by atoms with van der Waals surface area (Å²) in [5.41, 5.74) is -0.189. The fourth-order valence-electron chi connectivity index (χ4n) is 1.29. The largest absolute Gasteiger partial charge is 0.513 e. The molecule has 0 aromatic heterocycles. The summed E-state index contributed by atoms with van der Waals surface area (Å²) in [6, 6.07) is 4.61. The van der Waals surface area contributed by atoms with E-state index in [-0.39, 0.29) is 31.0 Å². The van der Waals surface area contributed by atoms with Crippen LogP contribution < -0.4 is 10.1 Å². The van der Waals surface area contributed by atoms with Crippen LogP contribution in [0, 0.1) is 10.1 Å². The predicted octanol–water partition coefficient (Wildman–Crippen LogP) is 2.18. The Morgan fingerprint density at radius 1 is 1.22 bits per heavy atom. The lowest BCUT2D eigenvalue weighted by molar-refractivity contribution is -0.384. The number of carbonyl (C=O) groups is 2. The van der Waals surface area contributed by atoms with E-state index in [9.17, 15) is 32.9 Å². The number of non-ortho nitro benzene ring substituents is 1. The second-order valence-corrected chi connectivity index (χ2v) is 4.06. The van der Waals surface area contributed by atoms with Crippen molar-refractivity contribution in [2.45, 2.75) is 12.6 Å². The molecular weight excluding hydrogens is 325 g/mol. The summed E-state index contributed by atoms with van der Waals surface area (Å²) < 4.78 is 44.8. The molecule has 1 aromatic carbocycles. The van der Waals surface area contributed by atoms with Crippen LogP contribution in [0.2, 0.25) is 0 Å². The van der Waals surface area contributed by atoms with Crippen molar-refractivity contribution in [2.24, 2.45) is 0 Å². The zero-order valence-electron chi connectivity index (χ0n) is 11.5. The van der Waals surface area contributed by atoms with Gasteiger partial charge in [-0.05, 0) is 18.6 Å². The summed E-state index contributed by atoms with van der Waals surface area (Å²) in [6.07, 6.45) is -6.13. The molecule has 0 fully saturated rings. The number of alkyl halides is 3. The third-order valence-corrected chi connectivity index (χ3v) is 2.33. The molecule has 1 aromatic rings. The van der Waals surface area contributed by atoms with Crippen LogP contribution in [0.1, 0.15) is 6.42 Å². The third kappa shape index (κ3) is 6.63. The van der Waals surface area contributed by atoms with Gasteiger partial charge in [-0.15, -0.1) is 0 Å². The van der Waals surface area contributed by atoms with Crippen LogP contribution in [-0.2, 0) is 9.53 Å². The topological polar surface area (TPSA) is 108 Å². The fraction of sp³-hybridized carbons (Fsp3) is 0.333. The van der Waals surface area contributed by atoms with Gasteiger partial charge in [0.15, 0.2) is 0 Å². The molecule has 0 atom stereocenters. The van der Waals surface area contributed by atoms with Gasteiger partial charge in [0.25, 0.3) is 5.69 Å². The highest BCUT2D eigenvalue weighted by molar-refractivity contribution is 5.81. The number of amides is 1. The van der Waals surface area contributed by atoms with Crippen molar-refractivity contribution < 1.29 is 37.2 Å². The molecule has 0 radical (unpaired) electrons. The highest BCUT2D eigenvalue weighted by atomic mass is 19.4. The minimum Gasteiger partial charge on any atom is -0.434 e. The number of nitro groups is 1. The molecule has 126 valence electrons. The minimum atomic E-state index is -4.96. The first-order chi connectivity index (χ1) is 10.7. The zero-order chi connectivity index (χ0) is 17.5. The van der Waals surface area contributed by atoms with E-state index in [0.717, 1.165) is 12.1 Å². The molecule has 23 heavy (non-hydrogen) atoms. The van der Waals surface area contributed by atoms with Crippen LogP contribution in [0.3, 0.4) is 0 Å². The monoisotopic (exact) mass is 336 g/mol. The highest BCUT2D eigenvalue weighted by Crippen LogP contribution is 2.17. The lowest BCUT2D eigenvalue weighted by atomic mass is 10.3. The number of carbonyl (C=O) groups excluding carboxylic acids is 2. The number of nitrogens with one attached hydrogen (secondary N) is 1. The third-order valence-electron chi connectivity index (χ3n) is 2.33. The van der Waals surface area contributed by atoms with Gasteiger partial charge in [0.05, 0.1) is 11.5 Å². The van der Waals surface area contributed by atoms with Gasteiger partial charge < -0.3 is 14.8 Å². The summed E-state index contributed by atoms with van der Waals surface area (Å²) >= 11 is 0. The Balaban J connectivity index is 2.24. The Morgan fingerprint density at radius 3 is 2.35 bits per heavy atom. The number of nitrogens with zero attached hydrogens (tertiary/aromatic N) is 1. The van der Waals surface area contributed by atoms with Gasteiger partial charge in [-0.25, -0.2) is 4.79 Å².